The Labute approximate surface area is 121 Å². The van der Waals surface area contributed by atoms with Crippen molar-refractivity contribution in [3.05, 3.63) is 18.0 Å². The smallest absolute Gasteiger partial charge is 0.399 e. The summed E-state index contributed by atoms with van der Waals surface area (Å²) in [7, 11) is -1.98. The average Bonchev–Trinajstić information content (AvgIpc) is 2.57. The van der Waals surface area contributed by atoms with E-state index in [1.807, 2.05) is 27.7 Å². The Bertz CT molecular complexity index is 594. The van der Waals surface area contributed by atoms with Crippen molar-refractivity contribution >= 4 is 23.4 Å². The number of aromatic nitrogens is 1. The number of nitriles is 1. The van der Waals surface area contributed by atoms with Gasteiger partial charge in [-0.2, -0.15) is 5.26 Å². The van der Waals surface area contributed by atoms with Crippen LogP contribution >= 0.6 is 0 Å². The van der Waals surface area contributed by atoms with E-state index in [1.54, 1.807) is 6.26 Å². The molecule has 1 fully saturated rings. The topological polar surface area (TPSA) is 72.2 Å². The summed E-state index contributed by atoms with van der Waals surface area (Å²) < 4.78 is 23.8. The van der Waals surface area contributed by atoms with Gasteiger partial charge in [0.1, 0.15) is 6.07 Å². The lowest BCUT2D eigenvalue weighted by molar-refractivity contribution is 0.00578. The molecule has 106 valence electrons. The highest BCUT2D eigenvalue weighted by Gasteiger charge is 2.53. The van der Waals surface area contributed by atoms with Gasteiger partial charge in [-0.05, 0) is 27.7 Å². The zero-order valence-corrected chi connectivity index (χ0v) is 13.1. The molecule has 0 aliphatic carbocycles. The first-order valence-electron chi connectivity index (χ1n) is 6.26. The number of nitrogens with zero attached hydrogens (tertiary/aromatic N) is 2. The SMILES string of the molecule is CS(=O)c1cncc(C#N)c1B1OC(C)(C)C(C)(C)O1. The molecule has 1 aromatic heterocycles. The highest BCUT2D eigenvalue weighted by Crippen LogP contribution is 2.37. The fourth-order valence-corrected chi connectivity index (χ4v) is 2.70. The summed E-state index contributed by atoms with van der Waals surface area (Å²) in [5.74, 6) is 0. The van der Waals surface area contributed by atoms with Crippen molar-refractivity contribution in [2.24, 2.45) is 0 Å². The molecule has 0 amide bonds. The monoisotopic (exact) mass is 292 g/mol. The van der Waals surface area contributed by atoms with Crippen LogP contribution in [0.2, 0.25) is 0 Å². The van der Waals surface area contributed by atoms with E-state index < -0.39 is 29.1 Å². The molecule has 1 aliphatic rings. The third-order valence-electron chi connectivity index (χ3n) is 3.87. The van der Waals surface area contributed by atoms with Crippen LogP contribution in [0.3, 0.4) is 0 Å². The van der Waals surface area contributed by atoms with Crippen molar-refractivity contribution in [1.82, 2.24) is 4.98 Å². The first-order chi connectivity index (χ1) is 9.19. The fourth-order valence-electron chi connectivity index (χ4n) is 1.97. The van der Waals surface area contributed by atoms with E-state index in [9.17, 15) is 9.47 Å². The Morgan fingerprint density at radius 2 is 1.80 bits per heavy atom. The standard InChI is InChI=1S/C13H17BN2O3S/c1-12(2)13(3,4)19-14(18-12)11-9(6-15)7-16-8-10(11)20(5)17/h7-8H,1-5H3. The average molecular weight is 292 g/mol. The highest BCUT2D eigenvalue weighted by molar-refractivity contribution is 7.84. The van der Waals surface area contributed by atoms with Gasteiger partial charge in [-0.1, -0.05) is 0 Å². The van der Waals surface area contributed by atoms with Crippen LogP contribution in [-0.4, -0.2) is 33.8 Å². The van der Waals surface area contributed by atoms with Crippen LogP contribution in [0.4, 0.5) is 0 Å². The van der Waals surface area contributed by atoms with Crippen LogP contribution in [0.15, 0.2) is 17.3 Å². The van der Waals surface area contributed by atoms with Crippen LogP contribution in [0.1, 0.15) is 33.3 Å². The predicted octanol–water partition coefficient (Wildman–Crippen LogP) is 0.990. The summed E-state index contributed by atoms with van der Waals surface area (Å²) in [6.07, 6.45) is 4.49. The molecule has 2 rings (SSSR count). The molecular weight excluding hydrogens is 275 g/mol. The fraction of sp³-hybridized carbons (Fsp3) is 0.538. The molecule has 1 aromatic rings. The third-order valence-corrected chi connectivity index (χ3v) is 4.81. The number of hydrogen-bond donors (Lipinski definition) is 0. The first kappa shape index (κ1) is 15.2. The Morgan fingerprint density at radius 1 is 1.25 bits per heavy atom. The maximum atomic E-state index is 11.9. The van der Waals surface area contributed by atoms with E-state index in [0.29, 0.717) is 15.9 Å². The van der Waals surface area contributed by atoms with Gasteiger partial charge in [-0.3, -0.25) is 9.19 Å². The maximum absolute atomic E-state index is 11.9. The largest absolute Gasteiger partial charge is 0.497 e. The van der Waals surface area contributed by atoms with Crippen molar-refractivity contribution in [2.45, 2.75) is 43.8 Å². The van der Waals surface area contributed by atoms with E-state index in [-0.39, 0.29) is 0 Å². The molecule has 2 heterocycles. The Kier molecular flexibility index (Phi) is 3.76. The summed E-state index contributed by atoms with van der Waals surface area (Å²) in [6.45, 7) is 7.73. The highest BCUT2D eigenvalue weighted by atomic mass is 32.2. The van der Waals surface area contributed by atoms with Crippen LogP contribution in [0, 0.1) is 11.3 Å². The molecule has 1 saturated heterocycles. The summed E-state index contributed by atoms with van der Waals surface area (Å²) >= 11 is 0. The van der Waals surface area contributed by atoms with E-state index >= 15 is 0 Å². The Hall–Kier alpha value is -1.23. The molecule has 20 heavy (non-hydrogen) atoms. The van der Waals surface area contributed by atoms with Crippen molar-refractivity contribution in [1.29, 1.82) is 5.26 Å². The predicted molar refractivity (Wildman–Crippen MR) is 77.0 cm³/mol. The van der Waals surface area contributed by atoms with E-state index in [1.165, 1.54) is 12.4 Å². The second kappa shape index (κ2) is 4.95. The minimum atomic E-state index is -1.27. The summed E-state index contributed by atoms with van der Waals surface area (Å²) in [4.78, 5) is 4.43. The summed E-state index contributed by atoms with van der Waals surface area (Å²) in [5, 5.41) is 9.25. The van der Waals surface area contributed by atoms with Gasteiger partial charge in [-0.15, -0.1) is 0 Å². The Balaban J connectivity index is 2.55. The normalized spacial score (nSPS) is 21.5. The molecule has 0 N–H and O–H groups in total. The zero-order chi connectivity index (χ0) is 15.1. The number of rotatable bonds is 2. The van der Waals surface area contributed by atoms with Crippen LogP contribution < -0.4 is 5.46 Å². The molecule has 0 aromatic carbocycles. The van der Waals surface area contributed by atoms with Crippen molar-refractivity contribution in [3.8, 4) is 6.07 Å². The molecule has 7 heteroatoms. The lowest BCUT2D eigenvalue weighted by Crippen LogP contribution is -2.41. The Morgan fingerprint density at radius 3 is 2.25 bits per heavy atom. The minimum Gasteiger partial charge on any atom is -0.399 e. The van der Waals surface area contributed by atoms with Crippen molar-refractivity contribution < 1.29 is 13.5 Å². The van der Waals surface area contributed by atoms with Gasteiger partial charge in [0.15, 0.2) is 0 Å². The molecule has 1 atom stereocenters. The second-order valence-electron chi connectivity index (χ2n) is 5.75. The molecule has 0 bridgehead atoms. The zero-order valence-electron chi connectivity index (χ0n) is 12.3. The second-order valence-corrected chi connectivity index (χ2v) is 7.10. The molecule has 1 unspecified atom stereocenters. The quantitative estimate of drug-likeness (QED) is 0.760. The number of pyridine rings is 1. The minimum absolute atomic E-state index is 0.330. The number of hydrogen-bond acceptors (Lipinski definition) is 5. The summed E-state index contributed by atoms with van der Waals surface area (Å²) in [6, 6.07) is 2.07. The van der Waals surface area contributed by atoms with Crippen LogP contribution in [0.25, 0.3) is 0 Å². The molecular formula is C13H17BN2O3S. The lowest BCUT2D eigenvalue weighted by atomic mass is 9.77. The van der Waals surface area contributed by atoms with E-state index in [2.05, 4.69) is 11.1 Å². The first-order valence-corrected chi connectivity index (χ1v) is 7.82. The molecule has 5 nitrogen and oxygen atoms in total. The van der Waals surface area contributed by atoms with Gasteiger partial charge in [0.05, 0.1) is 32.5 Å². The van der Waals surface area contributed by atoms with Crippen LogP contribution in [0.5, 0.6) is 0 Å². The third kappa shape index (κ3) is 2.39. The lowest BCUT2D eigenvalue weighted by Gasteiger charge is -2.32. The van der Waals surface area contributed by atoms with Gasteiger partial charge < -0.3 is 9.31 Å². The van der Waals surface area contributed by atoms with Crippen molar-refractivity contribution in [3.63, 3.8) is 0 Å². The molecule has 0 saturated carbocycles. The van der Waals surface area contributed by atoms with Gasteiger partial charge in [0, 0.05) is 24.1 Å². The maximum Gasteiger partial charge on any atom is 0.497 e. The molecule has 0 radical (unpaired) electrons. The van der Waals surface area contributed by atoms with Gasteiger partial charge in [-0.25, -0.2) is 0 Å². The van der Waals surface area contributed by atoms with Gasteiger partial charge in [0.2, 0.25) is 0 Å². The molecule has 0 spiro atoms. The van der Waals surface area contributed by atoms with E-state index in [4.69, 9.17) is 9.31 Å². The van der Waals surface area contributed by atoms with Crippen LogP contribution in [-0.2, 0) is 20.1 Å². The van der Waals surface area contributed by atoms with Gasteiger partial charge >= 0.3 is 7.12 Å². The summed E-state index contributed by atoms with van der Waals surface area (Å²) in [5.41, 5.74) is -0.182. The van der Waals surface area contributed by atoms with Crippen molar-refractivity contribution in [2.75, 3.05) is 6.26 Å². The van der Waals surface area contributed by atoms with E-state index in [0.717, 1.165) is 0 Å². The van der Waals surface area contributed by atoms with Gasteiger partial charge in [0.25, 0.3) is 0 Å². The molecule has 1 aliphatic heterocycles.